The van der Waals surface area contributed by atoms with Crippen LogP contribution >= 0.6 is 0 Å². The van der Waals surface area contributed by atoms with E-state index < -0.39 is 0 Å². The van der Waals surface area contributed by atoms with Gasteiger partial charge < -0.3 is 24.8 Å². The van der Waals surface area contributed by atoms with E-state index in [-0.39, 0.29) is 30.3 Å². The molecule has 2 fully saturated rings. The highest BCUT2D eigenvalue weighted by Gasteiger charge is 2.49. The van der Waals surface area contributed by atoms with Crippen LogP contribution in [0.3, 0.4) is 0 Å². The normalized spacial score (nSPS) is 22.7. The van der Waals surface area contributed by atoms with Gasteiger partial charge in [0.15, 0.2) is 0 Å². The Balaban J connectivity index is 1.04. The van der Waals surface area contributed by atoms with E-state index in [9.17, 15) is 4.79 Å². The van der Waals surface area contributed by atoms with E-state index in [4.69, 9.17) is 14.2 Å². The van der Waals surface area contributed by atoms with Gasteiger partial charge in [0.1, 0.15) is 35.4 Å². The molecule has 2 saturated heterocycles. The highest BCUT2D eigenvalue weighted by molar-refractivity contribution is 5.89. The fraction of sp³-hybridized carbons (Fsp3) is 0.222. The van der Waals surface area contributed by atoms with Crippen LogP contribution in [0, 0.1) is 0 Å². The Morgan fingerprint density at radius 3 is 2.33 bits per heavy atom. The van der Waals surface area contributed by atoms with Gasteiger partial charge >= 0.3 is 6.03 Å². The van der Waals surface area contributed by atoms with Gasteiger partial charge in [-0.2, -0.15) is 0 Å². The summed E-state index contributed by atoms with van der Waals surface area (Å²) < 4.78 is 19.6. The maximum absolute atomic E-state index is 12.7. The number of rotatable bonds is 6. The summed E-state index contributed by atoms with van der Waals surface area (Å²) in [6, 6.07) is 26.0. The Labute approximate surface area is 208 Å². The zero-order valence-electron chi connectivity index (χ0n) is 19.4. The van der Waals surface area contributed by atoms with E-state index in [2.05, 4.69) is 20.9 Å². The summed E-state index contributed by atoms with van der Waals surface area (Å²) in [4.78, 5) is 12.7. The second kappa shape index (κ2) is 9.80. The lowest BCUT2D eigenvalue weighted by Crippen LogP contribution is -2.45. The third kappa shape index (κ3) is 4.66. The first-order valence-electron chi connectivity index (χ1n) is 11.8. The number of ether oxygens (including phenoxy) is 3. The lowest BCUT2D eigenvalue weighted by atomic mass is 10.1. The van der Waals surface area contributed by atoms with Crippen LogP contribution in [0.4, 0.5) is 10.5 Å². The SMILES string of the molecule is O=C(Nc1ccc(Oc2ccccc2)cc1)N[C@H]1CO[C@H]2[C@@H]1OC[C@@H]2n1cc(-c2ccccc2)nn1. The van der Waals surface area contributed by atoms with Gasteiger partial charge in [-0.05, 0) is 36.4 Å². The molecule has 3 aromatic carbocycles. The quantitative estimate of drug-likeness (QED) is 0.425. The minimum atomic E-state index is -0.319. The van der Waals surface area contributed by atoms with Crippen LogP contribution in [0.1, 0.15) is 6.04 Å². The number of hydrogen-bond acceptors (Lipinski definition) is 6. The summed E-state index contributed by atoms with van der Waals surface area (Å²) in [5, 5.41) is 14.4. The number of nitrogens with one attached hydrogen (secondary N) is 2. The van der Waals surface area contributed by atoms with Crippen LogP contribution in [0.25, 0.3) is 11.3 Å². The van der Waals surface area contributed by atoms with Gasteiger partial charge in [0.05, 0.1) is 25.5 Å². The molecule has 0 saturated carbocycles. The lowest BCUT2D eigenvalue weighted by Gasteiger charge is -2.18. The number of benzene rings is 3. The third-order valence-corrected chi connectivity index (χ3v) is 6.35. The minimum absolute atomic E-state index is 0.105. The van der Waals surface area contributed by atoms with Crippen molar-refractivity contribution in [2.24, 2.45) is 0 Å². The number of para-hydroxylation sites is 1. The minimum Gasteiger partial charge on any atom is -0.457 e. The molecule has 9 nitrogen and oxygen atoms in total. The smallest absolute Gasteiger partial charge is 0.319 e. The molecule has 2 aliphatic rings. The Morgan fingerprint density at radius 2 is 1.56 bits per heavy atom. The molecule has 3 heterocycles. The summed E-state index contributed by atoms with van der Waals surface area (Å²) in [5.74, 6) is 1.44. The summed E-state index contributed by atoms with van der Waals surface area (Å²) in [6.45, 7) is 0.805. The van der Waals surface area contributed by atoms with Crippen LogP contribution in [0.15, 0.2) is 91.1 Å². The number of hydrogen-bond donors (Lipinski definition) is 2. The Bertz CT molecular complexity index is 1310. The van der Waals surface area contributed by atoms with E-state index in [0.717, 1.165) is 17.0 Å². The topological polar surface area (TPSA) is 99.5 Å². The number of carbonyl (C=O) groups excluding carboxylic acids is 1. The molecule has 2 amide bonds. The van der Waals surface area contributed by atoms with E-state index in [1.54, 1.807) is 16.8 Å². The van der Waals surface area contributed by atoms with Crippen molar-refractivity contribution in [1.29, 1.82) is 0 Å². The molecule has 4 atom stereocenters. The van der Waals surface area contributed by atoms with Gasteiger partial charge in [0.2, 0.25) is 0 Å². The van der Waals surface area contributed by atoms with Gasteiger partial charge in [-0.3, -0.25) is 0 Å². The number of urea groups is 1. The maximum Gasteiger partial charge on any atom is 0.319 e. The molecular weight excluding hydrogens is 458 g/mol. The summed E-state index contributed by atoms with van der Waals surface area (Å²) >= 11 is 0. The molecule has 36 heavy (non-hydrogen) atoms. The van der Waals surface area contributed by atoms with Crippen molar-refractivity contribution in [1.82, 2.24) is 20.3 Å². The van der Waals surface area contributed by atoms with Crippen molar-refractivity contribution in [3.63, 3.8) is 0 Å². The zero-order valence-corrected chi connectivity index (χ0v) is 19.4. The lowest BCUT2D eigenvalue weighted by molar-refractivity contribution is 0.0622. The predicted molar refractivity (Wildman–Crippen MR) is 133 cm³/mol. The molecule has 0 spiro atoms. The van der Waals surface area contributed by atoms with Crippen LogP contribution in [0.2, 0.25) is 0 Å². The molecule has 0 aliphatic carbocycles. The molecule has 4 aromatic rings. The number of amides is 2. The standard InChI is InChI=1S/C27H25N5O4/c33-27(28-19-11-13-21(14-12-19)36-20-9-5-2-6-10-20)29-23-16-34-26-24(17-35-25(23)26)32-15-22(30-31-32)18-7-3-1-4-8-18/h1-15,23-26H,16-17H2,(H2,28,29,33)/t23-,24-,25+,26+/m0/s1. The molecule has 2 aliphatic heterocycles. The fourth-order valence-corrected chi connectivity index (χ4v) is 4.58. The monoisotopic (exact) mass is 483 g/mol. The molecule has 182 valence electrons. The van der Waals surface area contributed by atoms with Crippen molar-refractivity contribution in [2.45, 2.75) is 24.3 Å². The number of fused-ring (bicyclic) bond motifs is 1. The number of anilines is 1. The van der Waals surface area contributed by atoms with Crippen molar-refractivity contribution in [3.8, 4) is 22.8 Å². The Hall–Kier alpha value is -4.21. The molecule has 2 N–H and O–H groups in total. The summed E-state index contributed by atoms with van der Waals surface area (Å²) in [7, 11) is 0. The van der Waals surface area contributed by atoms with Crippen molar-refractivity contribution < 1.29 is 19.0 Å². The average molecular weight is 484 g/mol. The summed E-state index contributed by atoms with van der Waals surface area (Å²) in [6.07, 6.45) is 1.44. The van der Waals surface area contributed by atoms with Crippen molar-refractivity contribution >= 4 is 11.7 Å². The van der Waals surface area contributed by atoms with Gasteiger partial charge in [-0.25, -0.2) is 9.48 Å². The van der Waals surface area contributed by atoms with Crippen molar-refractivity contribution in [2.75, 3.05) is 18.5 Å². The van der Waals surface area contributed by atoms with Crippen LogP contribution in [-0.2, 0) is 9.47 Å². The largest absolute Gasteiger partial charge is 0.457 e. The first-order valence-corrected chi connectivity index (χ1v) is 11.8. The maximum atomic E-state index is 12.7. The number of carbonyl (C=O) groups is 1. The van der Waals surface area contributed by atoms with Gasteiger partial charge in [-0.15, -0.1) is 5.10 Å². The van der Waals surface area contributed by atoms with Crippen LogP contribution < -0.4 is 15.4 Å². The van der Waals surface area contributed by atoms with Gasteiger partial charge in [0, 0.05) is 11.3 Å². The molecule has 1 aromatic heterocycles. The second-order valence-corrected chi connectivity index (χ2v) is 8.76. The van der Waals surface area contributed by atoms with Crippen LogP contribution in [0.5, 0.6) is 11.5 Å². The van der Waals surface area contributed by atoms with E-state index in [1.807, 2.05) is 79.0 Å². The number of aromatic nitrogens is 3. The molecule has 6 rings (SSSR count). The summed E-state index contributed by atoms with van der Waals surface area (Å²) in [5.41, 5.74) is 2.46. The van der Waals surface area contributed by atoms with Gasteiger partial charge in [-0.1, -0.05) is 53.7 Å². The van der Waals surface area contributed by atoms with E-state index >= 15 is 0 Å². The Kier molecular flexibility index (Phi) is 6.06. The molecule has 0 unspecified atom stereocenters. The average Bonchev–Trinajstić information content (AvgIpc) is 3.64. The highest BCUT2D eigenvalue weighted by Crippen LogP contribution is 2.34. The second-order valence-electron chi connectivity index (χ2n) is 8.76. The Morgan fingerprint density at radius 1 is 0.861 bits per heavy atom. The highest BCUT2D eigenvalue weighted by atomic mass is 16.6. The number of nitrogens with zero attached hydrogens (tertiary/aromatic N) is 3. The molecular formula is C27H25N5O4. The predicted octanol–water partition coefficient (Wildman–Crippen LogP) is 4.27. The first-order chi connectivity index (χ1) is 17.7. The molecule has 9 heteroatoms. The van der Waals surface area contributed by atoms with Gasteiger partial charge in [0.25, 0.3) is 0 Å². The van der Waals surface area contributed by atoms with Crippen LogP contribution in [-0.4, -0.2) is 52.5 Å². The van der Waals surface area contributed by atoms with E-state index in [1.165, 1.54) is 0 Å². The van der Waals surface area contributed by atoms with Crippen molar-refractivity contribution in [3.05, 3.63) is 91.1 Å². The van der Waals surface area contributed by atoms with E-state index in [0.29, 0.717) is 24.7 Å². The molecule has 0 radical (unpaired) electrons. The zero-order chi connectivity index (χ0) is 24.3. The first kappa shape index (κ1) is 22.3. The molecule has 0 bridgehead atoms. The fourth-order valence-electron chi connectivity index (χ4n) is 4.58. The third-order valence-electron chi connectivity index (χ3n) is 6.35.